The molecule has 2 aromatic carbocycles. The second-order valence-corrected chi connectivity index (χ2v) is 14.8. The molecule has 0 amide bonds. The first-order valence-corrected chi connectivity index (χ1v) is 19.4. The van der Waals surface area contributed by atoms with Crippen LogP contribution in [0.25, 0.3) is 21.8 Å². The fraction of sp³-hybridized carbons (Fsp3) is 0.357. The van der Waals surface area contributed by atoms with E-state index in [0.717, 1.165) is 52.3 Å². The lowest BCUT2D eigenvalue weighted by Gasteiger charge is -2.40. The number of halogens is 2. The SMILES string of the molecule is FC1(F)CCN(c2nccnc2OC2CN(c3ccc4ccccc4n3)C2)CC1.O=C1CCN(c2nccnc2OC2CN(c3ccc4ccccc4n3)C2)CC1. The highest BCUT2D eigenvalue weighted by Gasteiger charge is 2.37. The summed E-state index contributed by atoms with van der Waals surface area (Å²) >= 11 is 0. The molecule has 0 spiro atoms. The number of alkyl halides is 2. The zero-order valence-corrected chi connectivity index (χ0v) is 31.3. The molecule has 292 valence electrons. The van der Waals surface area contributed by atoms with Crippen LogP contribution >= 0.6 is 0 Å². The lowest BCUT2D eigenvalue weighted by molar-refractivity contribution is -0.119. The minimum Gasteiger partial charge on any atom is -0.468 e. The second kappa shape index (κ2) is 15.7. The Kier molecular flexibility index (Phi) is 10.0. The monoisotopic (exact) mass is 772 g/mol. The smallest absolute Gasteiger partial charge is 0.258 e. The van der Waals surface area contributed by atoms with Gasteiger partial charge in [0.15, 0.2) is 11.6 Å². The van der Waals surface area contributed by atoms with Crippen molar-refractivity contribution < 1.29 is 23.0 Å². The number of pyridine rings is 2. The van der Waals surface area contributed by atoms with Gasteiger partial charge in [-0.3, -0.25) is 4.79 Å². The van der Waals surface area contributed by atoms with Crippen molar-refractivity contribution in [3.05, 3.63) is 97.6 Å². The van der Waals surface area contributed by atoms with Crippen LogP contribution in [0.4, 0.5) is 32.1 Å². The third-order valence-electron chi connectivity index (χ3n) is 10.8. The van der Waals surface area contributed by atoms with Crippen LogP contribution in [0.2, 0.25) is 0 Å². The number of carbonyl (C=O) groups is 1. The molecule has 0 N–H and O–H groups in total. The number of ether oxygens (including phenoxy) is 2. The number of ketones is 1. The molecule has 0 radical (unpaired) electrons. The highest BCUT2D eigenvalue weighted by atomic mass is 19.3. The molecule has 10 rings (SSSR count). The van der Waals surface area contributed by atoms with Crippen molar-refractivity contribution in [1.82, 2.24) is 29.9 Å². The Morgan fingerprint density at radius 1 is 0.544 bits per heavy atom. The van der Waals surface area contributed by atoms with Crippen molar-refractivity contribution >= 4 is 50.9 Å². The normalized spacial score (nSPS) is 18.5. The molecule has 0 saturated carbocycles. The van der Waals surface area contributed by atoms with Gasteiger partial charge in [0, 0.05) is 87.4 Å². The summed E-state index contributed by atoms with van der Waals surface area (Å²) in [6.07, 6.45) is 7.24. The van der Waals surface area contributed by atoms with E-state index in [0.29, 0.717) is 62.4 Å². The number of hydrogen-bond acceptors (Lipinski definition) is 13. The largest absolute Gasteiger partial charge is 0.468 e. The van der Waals surface area contributed by atoms with Crippen LogP contribution in [0.3, 0.4) is 0 Å². The molecule has 57 heavy (non-hydrogen) atoms. The summed E-state index contributed by atoms with van der Waals surface area (Å²) in [4.78, 5) is 46.7. The van der Waals surface area contributed by atoms with Gasteiger partial charge in [-0.15, -0.1) is 0 Å². The van der Waals surface area contributed by atoms with E-state index in [-0.39, 0.29) is 38.1 Å². The number of anilines is 4. The zero-order chi connectivity index (χ0) is 38.8. The Bertz CT molecular complexity index is 2350. The quantitative estimate of drug-likeness (QED) is 0.180. The maximum absolute atomic E-state index is 13.5. The summed E-state index contributed by atoms with van der Waals surface area (Å²) in [7, 11) is 0. The van der Waals surface area contributed by atoms with Gasteiger partial charge in [-0.05, 0) is 36.4 Å². The summed E-state index contributed by atoms with van der Waals surface area (Å²) in [5, 5.41) is 2.25. The summed E-state index contributed by atoms with van der Waals surface area (Å²) in [6, 6.07) is 24.4. The van der Waals surface area contributed by atoms with Gasteiger partial charge in [0.1, 0.15) is 29.6 Å². The van der Waals surface area contributed by atoms with E-state index in [2.05, 4.69) is 58.9 Å². The molecular formula is C42H42F2N10O3. The minimum absolute atomic E-state index is 0.0371. The van der Waals surface area contributed by atoms with Crippen molar-refractivity contribution in [2.24, 2.45) is 0 Å². The van der Waals surface area contributed by atoms with Gasteiger partial charge in [-0.2, -0.15) is 0 Å². The predicted octanol–water partition coefficient (Wildman–Crippen LogP) is 5.99. The number of fused-ring (bicyclic) bond motifs is 2. The number of Topliss-reactive ketones (excluding diaryl/α,β-unsaturated/α-hetero) is 1. The number of rotatable bonds is 8. The van der Waals surface area contributed by atoms with E-state index in [1.165, 1.54) is 0 Å². The summed E-state index contributed by atoms with van der Waals surface area (Å²) in [6.45, 7) is 4.76. The summed E-state index contributed by atoms with van der Waals surface area (Å²) in [5.74, 6) is 1.83. The molecule has 6 aromatic rings. The van der Waals surface area contributed by atoms with Crippen LogP contribution in [0.1, 0.15) is 25.7 Å². The van der Waals surface area contributed by atoms with Crippen LogP contribution in [0.15, 0.2) is 97.6 Å². The molecule has 4 saturated heterocycles. The molecule has 0 aliphatic carbocycles. The lowest BCUT2D eigenvalue weighted by atomic mass is 10.1. The van der Waals surface area contributed by atoms with Gasteiger partial charge in [0.05, 0.1) is 37.2 Å². The van der Waals surface area contributed by atoms with E-state index in [9.17, 15) is 13.6 Å². The maximum Gasteiger partial charge on any atom is 0.258 e. The number of hydrogen-bond donors (Lipinski definition) is 0. The van der Waals surface area contributed by atoms with E-state index < -0.39 is 5.92 Å². The minimum atomic E-state index is -2.60. The van der Waals surface area contributed by atoms with E-state index in [1.807, 2.05) is 53.4 Å². The molecule has 0 unspecified atom stereocenters. The van der Waals surface area contributed by atoms with Crippen LogP contribution in [0, 0.1) is 0 Å². The molecular weight excluding hydrogens is 731 g/mol. The van der Waals surface area contributed by atoms with E-state index in [4.69, 9.17) is 19.4 Å². The van der Waals surface area contributed by atoms with Gasteiger partial charge in [-0.1, -0.05) is 36.4 Å². The maximum atomic E-state index is 13.5. The van der Waals surface area contributed by atoms with Crippen molar-refractivity contribution in [1.29, 1.82) is 0 Å². The Morgan fingerprint density at radius 3 is 1.47 bits per heavy atom. The fourth-order valence-electron chi connectivity index (χ4n) is 7.43. The molecule has 4 aromatic heterocycles. The molecule has 4 fully saturated rings. The first-order valence-electron chi connectivity index (χ1n) is 19.4. The Balaban J connectivity index is 0.000000148. The molecule has 0 bridgehead atoms. The molecule has 13 nitrogen and oxygen atoms in total. The molecule has 4 aliphatic rings. The van der Waals surface area contributed by atoms with Crippen LogP contribution < -0.4 is 29.1 Å². The van der Waals surface area contributed by atoms with Crippen molar-refractivity contribution in [2.45, 2.75) is 43.8 Å². The van der Waals surface area contributed by atoms with Crippen molar-refractivity contribution in [3.8, 4) is 11.8 Å². The van der Waals surface area contributed by atoms with Crippen LogP contribution in [0.5, 0.6) is 11.8 Å². The number of piperidine rings is 2. The highest BCUT2D eigenvalue weighted by molar-refractivity contribution is 5.82. The number of nitrogens with zero attached hydrogens (tertiary/aromatic N) is 10. The average molecular weight is 773 g/mol. The second-order valence-electron chi connectivity index (χ2n) is 14.8. The molecule has 8 heterocycles. The van der Waals surface area contributed by atoms with Gasteiger partial charge < -0.3 is 29.1 Å². The molecule has 0 atom stereocenters. The third kappa shape index (κ3) is 8.18. The number of para-hydroxylation sites is 2. The summed E-state index contributed by atoms with van der Waals surface area (Å²) in [5.41, 5.74) is 1.97. The summed E-state index contributed by atoms with van der Waals surface area (Å²) < 4.78 is 39.1. The zero-order valence-electron chi connectivity index (χ0n) is 31.3. The third-order valence-corrected chi connectivity index (χ3v) is 10.8. The highest BCUT2D eigenvalue weighted by Crippen LogP contribution is 2.34. The van der Waals surface area contributed by atoms with E-state index in [1.54, 1.807) is 24.8 Å². The van der Waals surface area contributed by atoms with Gasteiger partial charge in [0.25, 0.3) is 17.7 Å². The molecule has 15 heteroatoms. The number of carbonyl (C=O) groups excluding carboxylic acids is 1. The number of benzene rings is 2. The fourth-order valence-corrected chi connectivity index (χ4v) is 7.43. The Labute approximate surface area is 328 Å². The van der Waals surface area contributed by atoms with E-state index >= 15 is 0 Å². The van der Waals surface area contributed by atoms with Gasteiger partial charge in [0.2, 0.25) is 0 Å². The first-order chi connectivity index (χ1) is 27.8. The van der Waals surface area contributed by atoms with Crippen molar-refractivity contribution in [2.75, 3.05) is 72.0 Å². The predicted molar refractivity (Wildman–Crippen MR) is 214 cm³/mol. The standard InChI is InChI=1S/C21H21F2N5O.C21H21N5O2/c22-21(23)7-11-27(12-8-21)19-20(25-10-9-24-19)29-16-13-28(14-16)18-6-5-15-3-1-2-4-17(15)26-18;27-16-7-11-25(12-8-16)20-21(23-10-9-22-20)28-17-13-26(14-17)19-6-5-15-3-1-2-4-18(15)24-19/h1-6,9-10,16H,7-8,11-14H2;1-6,9-10,17H,7-8,11-14H2. The lowest BCUT2D eigenvalue weighted by Crippen LogP contribution is -2.54. The van der Waals surface area contributed by atoms with Crippen LogP contribution in [-0.4, -0.2) is 106 Å². The topological polar surface area (TPSA) is 126 Å². The first kappa shape index (κ1) is 36.4. The Morgan fingerprint density at radius 2 is 0.982 bits per heavy atom. The molecule has 4 aliphatic heterocycles. The van der Waals surface area contributed by atoms with Gasteiger partial charge >= 0.3 is 0 Å². The van der Waals surface area contributed by atoms with Crippen LogP contribution in [-0.2, 0) is 4.79 Å². The van der Waals surface area contributed by atoms with Crippen molar-refractivity contribution in [3.63, 3.8) is 0 Å². The Hall–Kier alpha value is -6.25. The average Bonchev–Trinajstić information content (AvgIpc) is 3.21. The number of aromatic nitrogens is 6. The van der Waals surface area contributed by atoms with Gasteiger partial charge in [-0.25, -0.2) is 38.7 Å².